The lowest BCUT2D eigenvalue weighted by atomic mass is 9.74. The van der Waals surface area contributed by atoms with Gasteiger partial charge in [0.05, 0.1) is 19.4 Å². The fourth-order valence-electron chi connectivity index (χ4n) is 5.11. The van der Waals surface area contributed by atoms with Crippen LogP contribution in [0, 0.1) is 0 Å². The van der Waals surface area contributed by atoms with Crippen molar-refractivity contribution in [2.45, 2.75) is 44.1 Å². The molecular weight excluding hydrogens is 382 g/mol. The summed E-state index contributed by atoms with van der Waals surface area (Å²) >= 11 is 4.58. The van der Waals surface area contributed by atoms with Crippen LogP contribution in [0.4, 0.5) is 0 Å². The fourth-order valence-corrected chi connectivity index (χ4v) is 5.39. The summed E-state index contributed by atoms with van der Waals surface area (Å²) < 4.78 is 9.21. The van der Waals surface area contributed by atoms with E-state index in [4.69, 9.17) is 9.72 Å². The number of hydrogen-bond donors (Lipinski definition) is 1. The molecule has 0 unspecified atom stereocenters. The Labute approximate surface area is 177 Å². The van der Waals surface area contributed by atoms with Crippen LogP contribution in [0.5, 0.6) is 0 Å². The molecule has 1 aliphatic carbocycles. The number of rotatable bonds is 3. The molecule has 0 spiro atoms. The van der Waals surface area contributed by atoms with Gasteiger partial charge in [0, 0.05) is 60.8 Å². The first-order valence-corrected chi connectivity index (χ1v) is 11.0. The van der Waals surface area contributed by atoms with E-state index in [1.165, 1.54) is 31.2 Å². The van der Waals surface area contributed by atoms with E-state index in [0.717, 1.165) is 48.5 Å². The van der Waals surface area contributed by atoms with E-state index < -0.39 is 0 Å². The fraction of sp³-hybridized carbons (Fsp3) is 0.545. The van der Waals surface area contributed by atoms with Gasteiger partial charge in [0.1, 0.15) is 5.65 Å². The lowest BCUT2D eigenvalue weighted by Gasteiger charge is -2.47. The number of aryl methyl sites for hydroxylation is 1. The van der Waals surface area contributed by atoms with Crippen LogP contribution in [0.25, 0.3) is 22.2 Å². The van der Waals surface area contributed by atoms with Crippen molar-refractivity contribution in [3.8, 4) is 11.1 Å². The molecule has 3 aromatic rings. The SMILES string of the molecule is Cn1cc(-c2cn(S)c3ncc(C4CCC(C)(N5CCOCC5)CC4)cc23)cn1. The molecule has 0 bridgehead atoms. The van der Waals surface area contributed by atoms with Crippen molar-refractivity contribution in [1.82, 2.24) is 23.6 Å². The van der Waals surface area contributed by atoms with Crippen LogP contribution >= 0.6 is 12.8 Å². The number of hydrogen-bond acceptors (Lipinski definition) is 5. The molecule has 3 aromatic heterocycles. The van der Waals surface area contributed by atoms with Gasteiger partial charge >= 0.3 is 0 Å². The van der Waals surface area contributed by atoms with Gasteiger partial charge in [-0.15, -0.1) is 0 Å². The molecule has 5 rings (SSSR count). The van der Waals surface area contributed by atoms with Gasteiger partial charge in [-0.25, -0.2) is 4.98 Å². The average molecular weight is 412 g/mol. The molecule has 1 aliphatic heterocycles. The molecule has 0 amide bonds. The summed E-state index contributed by atoms with van der Waals surface area (Å²) in [7, 11) is 1.94. The van der Waals surface area contributed by atoms with Crippen LogP contribution < -0.4 is 0 Å². The van der Waals surface area contributed by atoms with Gasteiger partial charge in [0.25, 0.3) is 0 Å². The Hall–Kier alpha value is -1.83. The molecule has 1 saturated carbocycles. The maximum absolute atomic E-state index is 5.55. The predicted molar refractivity (Wildman–Crippen MR) is 118 cm³/mol. The quantitative estimate of drug-likeness (QED) is 0.665. The Morgan fingerprint density at radius 1 is 1.14 bits per heavy atom. The first-order chi connectivity index (χ1) is 14.0. The molecule has 0 N–H and O–H groups in total. The Morgan fingerprint density at radius 3 is 2.59 bits per heavy atom. The van der Waals surface area contributed by atoms with Crippen LogP contribution in [0.2, 0.25) is 0 Å². The molecular formula is C22H29N5OS. The smallest absolute Gasteiger partial charge is 0.150 e. The third-order valence-electron chi connectivity index (χ3n) is 6.97. The van der Waals surface area contributed by atoms with Crippen molar-refractivity contribution in [3.63, 3.8) is 0 Å². The minimum atomic E-state index is 0.313. The number of thiol groups is 1. The first-order valence-electron chi connectivity index (χ1n) is 10.6. The van der Waals surface area contributed by atoms with Gasteiger partial charge < -0.3 is 4.74 Å². The highest BCUT2D eigenvalue weighted by molar-refractivity contribution is 7.78. The van der Waals surface area contributed by atoms with E-state index in [2.05, 4.69) is 42.0 Å². The summed E-state index contributed by atoms with van der Waals surface area (Å²) in [5, 5.41) is 5.49. The van der Waals surface area contributed by atoms with Crippen LogP contribution in [-0.2, 0) is 11.8 Å². The minimum Gasteiger partial charge on any atom is -0.379 e. The van der Waals surface area contributed by atoms with Crippen LogP contribution in [0.15, 0.2) is 30.9 Å². The number of morpholine rings is 1. The summed E-state index contributed by atoms with van der Waals surface area (Å²) in [6, 6.07) is 2.33. The molecule has 2 fully saturated rings. The normalized spacial score (nSPS) is 26.2. The number of pyridine rings is 1. The summed E-state index contributed by atoms with van der Waals surface area (Å²) in [5.41, 5.74) is 4.82. The Bertz CT molecular complexity index is 1010. The van der Waals surface area contributed by atoms with E-state index in [-0.39, 0.29) is 0 Å². The number of fused-ring (bicyclic) bond motifs is 1. The maximum Gasteiger partial charge on any atom is 0.150 e. The Balaban J connectivity index is 1.40. The number of nitrogens with zero attached hydrogens (tertiary/aromatic N) is 5. The highest BCUT2D eigenvalue weighted by atomic mass is 32.1. The second-order valence-electron chi connectivity index (χ2n) is 8.80. The van der Waals surface area contributed by atoms with Crippen LogP contribution in [0.1, 0.15) is 44.1 Å². The van der Waals surface area contributed by atoms with Crippen molar-refractivity contribution in [2.75, 3.05) is 26.3 Å². The van der Waals surface area contributed by atoms with Crippen molar-refractivity contribution in [1.29, 1.82) is 0 Å². The highest BCUT2D eigenvalue weighted by Crippen LogP contribution is 2.42. The summed E-state index contributed by atoms with van der Waals surface area (Å²) in [6.45, 7) is 6.32. The molecule has 1 saturated heterocycles. The topological polar surface area (TPSA) is 48.1 Å². The van der Waals surface area contributed by atoms with Crippen LogP contribution in [0.3, 0.4) is 0 Å². The van der Waals surface area contributed by atoms with Gasteiger partial charge in [0.15, 0.2) is 0 Å². The summed E-state index contributed by atoms with van der Waals surface area (Å²) in [5.74, 6) is 0.575. The Kier molecular flexibility index (Phi) is 4.92. The molecule has 29 heavy (non-hydrogen) atoms. The van der Waals surface area contributed by atoms with Crippen molar-refractivity contribution in [2.24, 2.45) is 7.05 Å². The zero-order chi connectivity index (χ0) is 20.0. The predicted octanol–water partition coefficient (Wildman–Crippen LogP) is 3.88. The molecule has 0 radical (unpaired) electrons. The van der Waals surface area contributed by atoms with Gasteiger partial charge in [-0.05, 0) is 50.2 Å². The number of aromatic nitrogens is 4. The maximum atomic E-state index is 5.55. The summed E-state index contributed by atoms with van der Waals surface area (Å²) in [4.78, 5) is 7.42. The van der Waals surface area contributed by atoms with Crippen molar-refractivity contribution >= 4 is 23.8 Å². The van der Waals surface area contributed by atoms with Crippen molar-refractivity contribution < 1.29 is 4.74 Å². The third-order valence-corrected chi connectivity index (χ3v) is 7.28. The molecule has 0 atom stereocenters. The first kappa shape index (κ1) is 19.2. The zero-order valence-corrected chi connectivity index (χ0v) is 18.1. The molecule has 7 heteroatoms. The van der Waals surface area contributed by atoms with Gasteiger partial charge in [0.2, 0.25) is 0 Å². The molecule has 2 aliphatic rings. The molecule has 4 heterocycles. The second kappa shape index (κ2) is 7.45. The van der Waals surface area contributed by atoms with Crippen molar-refractivity contribution in [3.05, 3.63) is 36.4 Å². The second-order valence-corrected chi connectivity index (χ2v) is 9.23. The van der Waals surface area contributed by atoms with E-state index in [1.807, 2.05) is 34.3 Å². The average Bonchev–Trinajstić information content (AvgIpc) is 3.32. The molecule has 6 nitrogen and oxygen atoms in total. The van der Waals surface area contributed by atoms with Crippen LogP contribution in [-0.4, -0.2) is 55.5 Å². The van der Waals surface area contributed by atoms with E-state index in [9.17, 15) is 0 Å². The summed E-state index contributed by atoms with van der Waals surface area (Å²) in [6.07, 6.45) is 12.9. The molecule has 0 aromatic carbocycles. The van der Waals surface area contributed by atoms with E-state index in [1.54, 1.807) is 0 Å². The zero-order valence-electron chi connectivity index (χ0n) is 17.2. The standard InChI is InChI=1S/C22H29N5OS/c1-22(26-7-9-28-10-8-26)5-3-16(4-6-22)17-11-19-20(18-13-24-25(2)14-18)15-27(29)21(19)23-12-17/h11-16,29H,3-10H2,1-2H3. The highest BCUT2D eigenvalue weighted by Gasteiger charge is 2.37. The van der Waals surface area contributed by atoms with Gasteiger partial charge in [-0.1, -0.05) is 12.8 Å². The lowest BCUT2D eigenvalue weighted by molar-refractivity contribution is -0.0314. The lowest BCUT2D eigenvalue weighted by Crippen LogP contribution is -2.53. The molecule has 154 valence electrons. The van der Waals surface area contributed by atoms with Gasteiger partial charge in [-0.2, -0.15) is 5.10 Å². The number of ether oxygens (including phenoxy) is 1. The third kappa shape index (κ3) is 3.49. The van der Waals surface area contributed by atoms with E-state index >= 15 is 0 Å². The minimum absolute atomic E-state index is 0.313. The van der Waals surface area contributed by atoms with E-state index in [0.29, 0.717) is 11.5 Å². The Morgan fingerprint density at radius 2 is 1.90 bits per heavy atom. The van der Waals surface area contributed by atoms with Gasteiger partial charge in [-0.3, -0.25) is 13.6 Å². The monoisotopic (exact) mass is 411 g/mol. The largest absolute Gasteiger partial charge is 0.379 e.